The van der Waals surface area contributed by atoms with Crippen molar-refractivity contribution in [2.75, 3.05) is 27.2 Å². The van der Waals surface area contributed by atoms with Gasteiger partial charge in [0.1, 0.15) is 0 Å². The zero-order valence-electron chi connectivity index (χ0n) is 13.7. The number of aliphatic imine (C=N–C) groups is 1. The lowest BCUT2D eigenvalue weighted by molar-refractivity contribution is -0.122. The van der Waals surface area contributed by atoms with Gasteiger partial charge in [-0.05, 0) is 25.3 Å². The minimum atomic E-state index is 0.185. The van der Waals surface area contributed by atoms with E-state index in [1.165, 1.54) is 11.1 Å². The van der Waals surface area contributed by atoms with Gasteiger partial charge in [0.05, 0.1) is 0 Å². The molecule has 0 aliphatic heterocycles. The molecule has 0 aromatic heterocycles. The first-order valence-electron chi connectivity index (χ1n) is 7.85. The summed E-state index contributed by atoms with van der Waals surface area (Å²) >= 11 is 0. The third kappa shape index (κ3) is 5.06. The smallest absolute Gasteiger partial charge is 0.223 e. The van der Waals surface area contributed by atoms with E-state index in [-0.39, 0.29) is 11.8 Å². The first-order valence-corrected chi connectivity index (χ1v) is 7.85. The van der Waals surface area contributed by atoms with Gasteiger partial charge in [-0.15, -0.1) is 0 Å². The number of nitrogens with zero attached hydrogens (tertiary/aromatic N) is 2. The van der Waals surface area contributed by atoms with Crippen LogP contribution in [0.15, 0.2) is 29.3 Å². The second-order valence-corrected chi connectivity index (χ2v) is 5.88. The summed E-state index contributed by atoms with van der Waals surface area (Å²) in [6.45, 7) is 4.20. The average Bonchev–Trinajstić information content (AvgIpc) is 3.34. The molecular weight excluding hydrogens is 276 g/mol. The molecule has 1 aromatic rings. The van der Waals surface area contributed by atoms with Crippen LogP contribution in [0.5, 0.6) is 0 Å². The number of guanidine groups is 1. The molecule has 5 nitrogen and oxygen atoms in total. The van der Waals surface area contributed by atoms with Crippen LogP contribution in [0.25, 0.3) is 0 Å². The fraction of sp³-hybridized carbons (Fsp3) is 0.529. The first kappa shape index (κ1) is 16.3. The van der Waals surface area contributed by atoms with Gasteiger partial charge in [-0.2, -0.15) is 0 Å². The molecule has 1 amide bonds. The Labute approximate surface area is 132 Å². The lowest BCUT2D eigenvalue weighted by Gasteiger charge is -2.22. The van der Waals surface area contributed by atoms with Crippen molar-refractivity contribution in [3.05, 3.63) is 35.4 Å². The number of hydrogen-bond donors (Lipinski definition) is 2. The van der Waals surface area contributed by atoms with E-state index in [2.05, 4.69) is 51.7 Å². The summed E-state index contributed by atoms with van der Waals surface area (Å²) in [5.74, 6) is 1.29. The van der Waals surface area contributed by atoms with Crippen LogP contribution in [0.1, 0.15) is 24.0 Å². The van der Waals surface area contributed by atoms with Crippen molar-refractivity contribution in [2.24, 2.45) is 10.9 Å². The highest BCUT2D eigenvalue weighted by molar-refractivity contribution is 5.81. The molecule has 0 bridgehead atoms. The number of aryl methyl sites for hydroxylation is 1. The first-order chi connectivity index (χ1) is 10.6. The van der Waals surface area contributed by atoms with Gasteiger partial charge < -0.3 is 15.5 Å². The van der Waals surface area contributed by atoms with E-state index < -0.39 is 0 Å². The average molecular weight is 302 g/mol. The molecule has 0 unspecified atom stereocenters. The number of carbonyl (C=O) groups is 1. The molecule has 1 fully saturated rings. The predicted octanol–water partition coefficient (Wildman–Crippen LogP) is 1.53. The molecule has 120 valence electrons. The van der Waals surface area contributed by atoms with E-state index >= 15 is 0 Å². The van der Waals surface area contributed by atoms with Crippen LogP contribution in [-0.4, -0.2) is 44.0 Å². The molecule has 1 aromatic carbocycles. The Morgan fingerprint density at radius 3 is 2.45 bits per heavy atom. The van der Waals surface area contributed by atoms with E-state index in [0.717, 1.165) is 25.3 Å². The van der Waals surface area contributed by atoms with Crippen LogP contribution in [0.4, 0.5) is 0 Å². The molecule has 0 atom stereocenters. The lowest BCUT2D eigenvalue weighted by Crippen LogP contribution is -2.42. The van der Waals surface area contributed by atoms with Gasteiger partial charge in [0.2, 0.25) is 5.91 Å². The molecule has 0 saturated heterocycles. The van der Waals surface area contributed by atoms with Crippen LogP contribution < -0.4 is 10.6 Å². The molecule has 2 rings (SSSR count). The zero-order valence-corrected chi connectivity index (χ0v) is 13.7. The van der Waals surface area contributed by atoms with Gasteiger partial charge in [-0.1, -0.05) is 29.8 Å². The van der Waals surface area contributed by atoms with E-state index in [9.17, 15) is 4.79 Å². The maximum Gasteiger partial charge on any atom is 0.223 e. The highest BCUT2D eigenvalue weighted by Crippen LogP contribution is 2.28. The number of amides is 1. The standard InChI is InChI=1S/C17H26N4O/c1-13-4-6-14(7-5-13)12-21(3)17(18-2)20-11-10-19-16(22)15-8-9-15/h4-7,15H,8-12H2,1-3H3,(H,18,20)(H,19,22). The summed E-state index contributed by atoms with van der Waals surface area (Å²) in [5.41, 5.74) is 2.51. The third-order valence-corrected chi connectivity index (χ3v) is 3.77. The Morgan fingerprint density at radius 2 is 1.86 bits per heavy atom. The van der Waals surface area contributed by atoms with E-state index in [0.29, 0.717) is 13.1 Å². The van der Waals surface area contributed by atoms with Crippen LogP contribution in [0, 0.1) is 12.8 Å². The van der Waals surface area contributed by atoms with Crippen LogP contribution in [-0.2, 0) is 11.3 Å². The molecule has 5 heteroatoms. The molecule has 0 spiro atoms. The van der Waals surface area contributed by atoms with E-state index in [4.69, 9.17) is 0 Å². The topological polar surface area (TPSA) is 56.7 Å². The highest BCUT2D eigenvalue weighted by Gasteiger charge is 2.28. The van der Waals surface area contributed by atoms with Crippen molar-refractivity contribution in [2.45, 2.75) is 26.3 Å². The van der Waals surface area contributed by atoms with Gasteiger partial charge in [-0.3, -0.25) is 9.79 Å². The van der Waals surface area contributed by atoms with Crippen LogP contribution in [0.3, 0.4) is 0 Å². The summed E-state index contributed by atoms with van der Waals surface area (Å²) in [6, 6.07) is 8.50. The van der Waals surface area contributed by atoms with Crippen molar-refractivity contribution < 1.29 is 4.79 Å². The van der Waals surface area contributed by atoms with Gasteiger partial charge in [-0.25, -0.2) is 0 Å². The summed E-state index contributed by atoms with van der Waals surface area (Å²) in [7, 11) is 3.79. The van der Waals surface area contributed by atoms with E-state index in [1.807, 2.05) is 7.05 Å². The van der Waals surface area contributed by atoms with Gasteiger partial charge in [0.15, 0.2) is 5.96 Å². The summed E-state index contributed by atoms with van der Waals surface area (Å²) in [4.78, 5) is 17.9. The van der Waals surface area contributed by atoms with E-state index in [1.54, 1.807) is 7.05 Å². The summed E-state index contributed by atoms with van der Waals surface area (Å²) < 4.78 is 0. The number of benzene rings is 1. The van der Waals surface area contributed by atoms with Crippen molar-refractivity contribution >= 4 is 11.9 Å². The van der Waals surface area contributed by atoms with Crippen molar-refractivity contribution in [3.63, 3.8) is 0 Å². The van der Waals surface area contributed by atoms with Gasteiger partial charge in [0, 0.05) is 39.6 Å². The summed E-state index contributed by atoms with van der Waals surface area (Å²) in [5, 5.41) is 6.22. The Kier molecular flexibility index (Phi) is 5.81. The maximum absolute atomic E-state index is 11.5. The molecule has 1 aliphatic carbocycles. The van der Waals surface area contributed by atoms with Gasteiger partial charge in [0.25, 0.3) is 0 Å². The minimum Gasteiger partial charge on any atom is -0.354 e. The number of nitrogens with one attached hydrogen (secondary N) is 2. The highest BCUT2D eigenvalue weighted by atomic mass is 16.2. The Hall–Kier alpha value is -2.04. The SMILES string of the molecule is CN=C(NCCNC(=O)C1CC1)N(C)Cc1ccc(C)cc1. The Bertz CT molecular complexity index is 520. The third-order valence-electron chi connectivity index (χ3n) is 3.77. The predicted molar refractivity (Wildman–Crippen MR) is 89.7 cm³/mol. The molecule has 0 radical (unpaired) electrons. The van der Waals surface area contributed by atoms with Crippen LogP contribution >= 0.6 is 0 Å². The second-order valence-electron chi connectivity index (χ2n) is 5.88. The molecule has 22 heavy (non-hydrogen) atoms. The van der Waals surface area contributed by atoms with Gasteiger partial charge >= 0.3 is 0 Å². The zero-order chi connectivity index (χ0) is 15.9. The fourth-order valence-corrected chi connectivity index (χ4v) is 2.28. The van der Waals surface area contributed by atoms with Crippen molar-refractivity contribution in [3.8, 4) is 0 Å². The second kappa shape index (κ2) is 7.82. The normalized spacial score (nSPS) is 14.6. The molecule has 2 N–H and O–H groups in total. The fourth-order valence-electron chi connectivity index (χ4n) is 2.28. The molecule has 1 aliphatic rings. The molecule has 0 heterocycles. The van der Waals surface area contributed by atoms with Crippen LogP contribution in [0.2, 0.25) is 0 Å². The Morgan fingerprint density at radius 1 is 1.23 bits per heavy atom. The quantitative estimate of drug-likeness (QED) is 0.476. The summed E-state index contributed by atoms with van der Waals surface area (Å²) in [6.07, 6.45) is 2.08. The van der Waals surface area contributed by atoms with Crippen molar-refractivity contribution in [1.82, 2.24) is 15.5 Å². The Balaban J connectivity index is 1.72. The van der Waals surface area contributed by atoms with Crippen molar-refractivity contribution in [1.29, 1.82) is 0 Å². The number of hydrogen-bond acceptors (Lipinski definition) is 2. The molecular formula is C17H26N4O. The lowest BCUT2D eigenvalue weighted by atomic mass is 10.1. The minimum absolute atomic E-state index is 0.185. The maximum atomic E-state index is 11.5. The largest absolute Gasteiger partial charge is 0.354 e. The number of carbonyl (C=O) groups excluding carboxylic acids is 1. The monoisotopic (exact) mass is 302 g/mol. The molecule has 1 saturated carbocycles. The number of rotatable bonds is 6.